The summed E-state index contributed by atoms with van der Waals surface area (Å²) in [6.45, 7) is 6.34. The molecule has 4 rings (SSSR count). The first-order valence-electron chi connectivity index (χ1n) is 8.95. The molecule has 0 amide bonds. The zero-order valence-corrected chi connectivity index (χ0v) is 17.3. The van der Waals surface area contributed by atoms with Gasteiger partial charge in [0.15, 0.2) is 16.5 Å². The number of ether oxygens (including phenoxy) is 2. The Kier molecular flexibility index (Phi) is 4.34. The minimum absolute atomic E-state index is 0.104. The van der Waals surface area contributed by atoms with Crippen LogP contribution < -0.4 is 14.8 Å². The molecule has 6 nitrogen and oxygen atoms in total. The largest absolute Gasteiger partial charge is 0.504 e. The third-order valence-electron chi connectivity index (χ3n) is 4.40. The Morgan fingerprint density at radius 1 is 1.07 bits per heavy atom. The van der Waals surface area contributed by atoms with Gasteiger partial charge in [-0.25, -0.2) is 4.98 Å². The number of aromatic hydroxyl groups is 1. The number of anilines is 1. The molecule has 0 aliphatic heterocycles. The SMILES string of the molecule is COc1ccc2sc3nc(-c4ccc(O)c(OC)c4)c(NC(C)(C)C)n3c2c1. The van der Waals surface area contributed by atoms with E-state index in [2.05, 4.69) is 36.6 Å². The lowest BCUT2D eigenvalue weighted by Gasteiger charge is -2.22. The maximum absolute atomic E-state index is 9.96. The van der Waals surface area contributed by atoms with E-state index in [4.69, 9.17) is 14.5 Å². The standard InChI is InChI=1S/C21H23N3O3S/c1-21(2,3)23-19-18(12-6-8-15(25)16(10-12)27-5)22-20-24(19)14-11-13(26-4)7-9-17(14)28-20/h6-11,23,25H,1-5H3. The molecule has 0 fully saturated rings. The van der Waals surface area contributed by atoms with E-state index in [1.807, 2.05) is 18.2 Å². The van der Waals surface area contributed by atoms with Crippen molar-refractivity contribution in [1.82, 2.24) is 9.38 Å². The summed E-state index contributed by atoms with van der Waals surface area (Å²) in [4.78, 5) is 5.79. The minimum Gasteiger partial charge on any atom is -0.504 e. The Balaban J connectivity index is 2.01. The molecule has 2 heterocycles. The van der Waals surface area contributed by atoms with Crippen LogP contribution in [0.15, 0.2) is 36.4 Å². The number of phenolic OH excluding ortho intramolecular Hbond substituents is 1. The van der Waals surface area contributed by atoms with Gasteiger partial charge in [0.1, 0.15) is 17.3 Å². The van der Waals surface area contributed by atoms with Gasteiger partial charge in [0, 0.05) is 17.2 Å². The lowest BCUT2D eigenvalue weighted by atomic mass is 10.1. The van der Waals surface area contributed by atoms with Crippen molar-refractivity contribution in [3.8, 4) is 28.5 Å². The minimum atomic E-state index is -0.168. The zero-order valence-electron chi connectivity index (χ0n) is 16.5. The third kappa shape index (κ3) is 3.11. The summed E-state index contributed by atoms with van der Waals surface area (Å²) in [5, 5.41) is 13.6. The van der Waals surface area contributed by atoms with Crippen LogP contribution in [0.5, 0.6) is 17.2 Å². The Labute approximate surface area is 167 Å². The average Bonchev–Trinajstić information content (AvgIpc) is 3.17. The van der Waals surface area contributed by atoms with Crippen LogP contribution in [0.25, 0.3) is 26.4 Å². The molecule has 2 N–H and O–H groups in total. The third-order valence-corrected chi connectivity index (χ3v) is 5.42. The summed E-state index contributed by atoms with van der Waals surface area (Å²) in [7, 11) is 3.21. The molecule has 0 saturated carbocycles. The monoisotopic (exact) mass is 397 g/mol. The fourth-order valence-electron chi connectivity index (χ4n) is 3.17. The molecule has 0 aliphatic carbocycles. The van der Waals surface area contributed by atoms with Gasteiger partial charge in [-0.05, 0) is 51.1 Å². The van der Waals surface area contributed by atoms with Gasteiger partial charge < -0.3 is 19.9 Å². The van der Waals surface area contributed by atoms with Crippen molar-refractivity contribution in [1.29, 1.82) is 0 Å². The maximum Gasteiger partial charge on any atom is 0.197 e. The topological polar surface area (TPSA) is 68.0 Å². The van der Waals surface area contributed by atoms with Gasteiger partial charge in [0.05, 0.1) is 24.4 Å². The summed E-state index contributed by atoms with van der Waals surface area (Å²) in [5.41, 5.74) is 2.55. The molecule has 2 aromatic heterocycles. The Bertz CT molecular complexity index is 1170. The second-order valence-corrected chi connectivity index (χ2v) is 8.63. The van der Waals surface area contributed by atoms with Crippen LogP contribution in [0.2, 0.25) is 0 Å². The number of nitrogens with one attached hydrogen (secondary N) is 1. The number of fused-ring (bicyclic) bond motifs is 3. The zero-order chi connectivity index (χ0) is 20.1. The van der Waals surface area contributed by atoms with Crippen molar-refractivity contribution >= 4 is 32.3 Å². The summed E-state index contributed by atoms with van der Waals surface area (Å²) < 4.78 is 14.0. The van der Waals surface area contributed by atoms with Crippen LogP contribution in [0, 0.1) is 0 Å². The van der Waals surface area contributed by atoms with Gasteiger partial charge in [-0.3, -0.25) is 4.40 Å². The van der Waals surface area contributed by atoms with Crippen molar-refractivity contribution in [2.75, 3.05) is 19.5 Å². The number of benzene rings is 2. The quantitative estimate of drug-likeness (QED) is 0.498. The molecule has 0 aliphatic rings. The maximum atomic E-state index is 9.96. The predicted molar refractivity (Wildman–Crippen MR) is 114 cm³/mol. The average molecular weight is 398 g/mol. The molecule has 0 atom stereocenters. The molecule has 4 aromatic rings. The molecule has 0 saturated heterocycles. The Morgan fingerprint density at radius 3 is 2.54 bits per heavy atom. The molecular formula is C21H23N3O3S. The summed E-state index contributed by atoms with van der Waals surface area (Å²) in [6, 6.07) is 11.3. The number of thiazole rings is 1. The second-order valence-electron chi connectivity index (χ2n) is 7.62. The van der Waals surface area contributed by atoms with Crippen molar-refractivity contribution in [2.45, 2.75) is 26.3 Å². The number of imidazole rings is 1. The van der Waals surface area contributed by atoms with E-state index in [-0.39, 0.29) is 11.3 Å². The van der Waals surface area contributed by atoms with Gasteiger partial charge in [-0.1, -0.05) is 11.3 Å². The van der Waals surface area contributed by atoms with E-state index in [9.17, 15) is 5.11 Å². The fourth-order valence-corrected chi connectivity index (χ4v) is 4.18. The van der Waals surface area contributed by atoms with Crippen LogP contribution in [-0.2, 0) is 0 Å². The highest BCUT2D eigenvalue weighted by Gasteiger charge is 2.23. The van der Waals surface area contributed by atoms with E-state index in [1.165, 1.54) is 0 Å². The molecule has 7 heteroatoms. The Morgan fingerprint density at radius 2 is 1.86 bits per heavy atom. The normalized spacial score (nSPS) is 11.9. The first kappa shape index (κ1) is 18.4. The van der Waals surface area contributed by atoms with Crippen LogP contribution in [-0.4, -0.2) is 34.2 Å². The molecule has 2 aromatic carbocycles. The van der Waals surface area contributed by atoms with Crippen molar-refractivity contribution in [3.05, 3.63) is 36.4 Å². The van der Waals surface area contributed by atoms with Gasteiger partial charge in [0.25, 0.3) is 0 Å². The van der Waals surface area contributed by atoms with Crippen molar-refractivity contribution in [3.63, 3.8) is 0 Å². The Hall–Kier alpha value is -2.93. The number of hydrogen-bond donors (Lipinski definition) is 2. The predicted octanol–water partition coefficient (Wildman–Crippen LogP) is 5.15. The van der Waals surface area contributed by atoms with Crippen LogP contribution in [0.1, 0.15) is 20.8 Å². The van der Waals surface area contributed by atoms with Gasteiger partial charge in [0.2, 0.25) is 0 Å². The lowest BCUT2D eigenvalue weighted by Crippen LogP contribution is -2.27. The van der Waals surface area contributed by atoms with Crippen LogP contribution in [0.4, 0.5) is 5.82 Å². The number of methoxy groups -OCH3 is 2. The number of phenols is 1. The van der Waals surface area contributed by atoms with E-state index >= 15 is 0 Å². The molecule has 0 bridgehead atoms. The van der Waals surface area contributed by atoms with Crippen LogP contribution >= 0.6 is 11.3 Å². The smallest absolute Gasteiger partial charge is 0.197 e. The van der Waals surface area contributed by atoms with Crippen molar-refractivity contribution in [2.24, 2.45) is 0 Å². The van der Waals surface area contributed by atoms with E-state index in [0.717, 1.165) is 38.0 Å². The summed E-state index contributed by atoms with van der Waals surface area (Å²) in [6.07, 6.45) is 0. The highest BCUT2D eigenvalue weighted by Crippen LogP contribution is 2.40. The lowest BCUT2D eigenvalue weighted by molar-refractivity contribution is 0.373. The number of hydrogen-bond acceptors (Lipinski definition) is 6. The highest BCUT2D eigenvalue weighted by atomic mass is 32.1. The molecule has 146 valence electrons. The molecule has 0 unspecified atom stereocenters. The fraction of sp³-hybridized carbons (Fsp3) is 0.286. The van der Waals surface area contributed by atoms with E-state index < -0.39 is 0 Å². The van der Waals surface area contributed by atoms with Gasteiger partial charge in [-0.15, -0.1) is 0 Å². The number of aromatic nitrogens is 2. The molecule has 0 spiro atoms. The number of nitrogens with zero attached hydrogens (tertiary/aromatic N) is 2. The number of rotatable bonds is 4. The first-order valence-corrected chi connectivity index (χ1v) is 9.77. The second kappa shape index (κ2) is 6.60. The van der Waals surface area contributed by atoms with Gasteiger partial charge in [-0.2, -0.15) is 0 Å². The summed E-state index contributed by atoms with van der Waals surface area (Å²) in [5.74, 6) is 2.22. The van der Waals surface area contributed by atoms with Crippen molar-refractivity contribution < 1.29 is 14.6 Å². The summed E-state index contributed by atoms with van der Waals surface area (Å²) >= 11 is 1.63. The van der Waals surface area contributed by atoms with E-state index in [1.54, 1.807) is 37.7 Å². The molecular weight excluding hydrogens is 374 g/mol. The molecule has 28 heavy (non-hydrogen) atoms. The highest BCUT2D eigenvalue weighted by molar-refractivity contribution is 7.23. The molecule has 0 radical (unpaired) electrons. The first-order chi connectivity index (χ1) is 13.3. The van der Waals surface area contributed by atoms with Gasteiger partial charge >= 0.3 is 0 Å². The van der Waals surface area contributed by atoms with E-state index in [0.29, 0.717) is 5.75 Å². The van der Waals surface area contributed by atoms with Crippen LogP contribution in [0.3, 0.4) is 0 Å².